The van der Waals surface area contributed by atoms with E-state index in [4.69, 9.17) is 9.84 Å². The summed E-state index contributed by atoms with van der Waals surface area (Å²) >= 11 is 0. The van der Waals surface area contributed by atoms with Crippen LogP contribution in [0.1, 0.15) is 32.8 Å². The van der Waals surface area contributed by atoms with Crippen molar-refractivity contribution >= 4 is 11.9 Å². The van der Waals surface area contributed by atoms with Gasteiger partial charge < -0.3 is 15.2 Å². The number of rotatable bonds is 7. The van der Waals surface area contributed by atoms with Crippen LogP contribution in [-0.4, -0.2) is 30.1 Å². The molecule has 1 rings (SSSR count). The van der Waals surface area contributed by atoms with Gasteiger partial charge in [0.25, 0.3) is 0 Å². The number of hydrogen-bond acceptors (Lipinski definition) is 3. The zero-order valence-electron chi connectivity index (χ0n) is 13.0. The number of amides is 1. The van der Waals surface area contributed by atoms with Crippen molar-refractivity contribution in [2.75, 3.05) is 7.11 Å². The van der Waals surface area contributed by atoms with Gasteiger partial charge in [-0.2, -0.15) is 0 Å². The van der Waals surface area contributed by atoms with E-state index in [1.807, 2.05) is 31.2 Å². The minimum Gasteiger partial charge on any atom is -0.496 e. The first kappa shape index (κ1) is 17.0. The summed E-state index contributed by atoms with van der Waals surface area (Å²) in [5, 5.41) is 11.9. The average Bonchev–Trinajstić information content (AvgIpc) is 2.38. The van der Waals surface area contributed by atoms with Gasteiger partial charge in [-0.05, 0) is 38.8 Å². The number of carbonyl (C=O) groups excluding carboxylic acids is 1. The largest absolute Gasteiger partial charge is 0.496 e. The molecule has 5 heteroatoms. The fraction of sp³-hybridized carbons (Fsp3) is 0.500. The lowest BCUT2D eigenvalue weighted by molar-refractivity contribution is -0.149. The van der Waals surface area contributed by atoms with Crippen molar-refractivity contribution in [2.45, 2.75) is 39.7 Å². The highest BCUT2D eigenvalue weighted by Gasteiger charge is 2.30. The van der Waals surface area contributed by atoms with Gasteiger partial charge in [0.2, 0.25) is 5.91 Å². The topological polar surface area (TPSA) is 75.6 Å². The molecule has 0 radical (unpaired) electrons. The van der Waals surface area contributed by atoms with E-state index in [-0.39, 0.29) is 18.4 Å². The molecule has 0 saturated heterocycles. The summed E-state index contributed by atoms with van der Waals surface area (Å²) in [7, 11) is 1.61. The fourth-order valence-corrected chi connectivity index (χ4v) is 2.06. The van der Waals surface area contributed by atoms with Gasteiger partial charge in [-0.3, -0.25) is 9.59 Å². The Morgan fingerprint density at radius 2 is 1.95 bits per heavy atom. The molecule has 0 aromatic heterocycles. The molecule has 0 heterocycles. The molecule has 1 aromatic carbocycles. The molecule has 5 nitrogen and oxygen atoms in total. The Bertz CT molecular complexity index is 511. The van der Waals surface area contributed by atoms with Crippen LogP contribution >= 0.6 is 0 Å². The molecule has 0 aliphatic rings. The van der Waals surface area contributed by atoms with Crippen molar-refractivity contribution in [2.24, 2.45) is 5.41 Å². The van der Waals surface area contributed by atoms with E-state index in [0.29, 0.717) is 6.42 Å². The van der Waals surface area contributed by atoms with E-state index in [2.05, 4.69) is 5.32 Å². The summed E-state index contributed by atoms with van der Waals surface area (Å²) in [6, 6.07) is 7.53. The number of para-hydroxylation sites is 1. The van der Waals surface area contributed by atoms with Gasteiger partial charge in [0.1, 0.15) is 5.75 Å². The first-order valence-electron chi connectivity index (χ1n) is 6.91. The predicted octanol–water partition coefficient (Wildman–Crippen LogP) is 2.24. The molecule has 2 N–H and O–H groups in total. The van der Waals surface area contributed by atoms with Gasteiger partial charge >= 0.3 is 5.97 Å². The molecular formula is C16H23NO4. The normalized spacial score (nSPS) is 12.6. The van der Waals surface area contributed by atoms with Crippen LogP contribution in [0.25, 0.3) is 0 Å². The van der Waals surface area contributed by atoms with Crippen LogP contribution in [0.15, 0.2) is 24.3 Å². The Balaban J connectivity index is 2.59. The minimum absolute atomic E-state index is 0.0431. The standard InChI is InChI=1S/C16H23NO4/c1-11(9-12-7-5-6-8-13(12)21-4)17-14(18)10-16(2,3)15(19)20/h5-8,11H,9-10H2,1-4H3,(H,17,18)(H,19,20). The van der Waals surface area contributed by atoms with Crippen LogP contribution in [0.5, 0.6) is 5.75 Å². The molecule has 1 unspecified atom stereocenters. The average molecular weight is 293 g/mol. The Morgan fingerprint density at radius 3 is 2.52 bits per heavy atom. The number of aliphatic carboxylic acids is 1. The maximum Gasteiger partial charge on any atom is 0.309 e. The summed E-state index contributed by atoms with van der Waals surface area (Å²) in [6.45, 7) is 4.97. The van der Waals surface area contributed by atoms with Crippen LogP contribution in [0.4, 0.5) is 0 Å². The van der Waals surface area contributed by atoms with Crippen LogP contribution in [-0.2, 0) is 16.0 Å². The van der Waals surface area contributed by atoms with E-state index in [1.54, 1.807) is 21.0 Å². The highest BCUT2D eigenvalue weighted by atomic mass is 16.5. The van der Waals surface area contributed by atoms with Crippen molar-refractivity contribution in [1.29, 1.82) is 0 Å². The molecule has 0 fully saturated rings. The molecule has 1 amide bonds. The van der Waals surface area contributed by atoms with Gasteiger partial charge in [-0.1, -0.05) is 18.2 Å². The molecule has 0 aliphatic carbocycles. The number of benzene rings is 1. The minimum atomic E-state index is -1.06. The van der Waals surface area contributed by atoms with Crippen LogP contribution in [0.2, 0.25) is 0 Å². The highest BCUT2D eigenvalue weighted by molar-refractivity contribution is 5.84. The number of ether oxygens (including phenoxy) is 1. The van der Waals surface area contributed by atoms with Gasteiger partial charge in [-0.25, -0.2) is 0 Å². The molecule has 1 aromatic rings. The molecule has 1 atom stereocenters. The second-order valence-corrected chi connectivity index (χ2v) is 5.85. The quantitative estimate of drug-likeness (QED) is 0.808. The summed E-state index contributed by atoms with van der Waals surface area (Å²) in [5.41, 5.74) is -0.0564. The Kier molecular flexibility index (Phi) is 5.76. The monoisotopic (exact) mass is 293 g/mol. The Morgan fingerprint density at radius 1 is 1.33 bits per heavy atom. The van der Waals surface area contributed by atoms with Gasteiger partial charge in [-0.15, -0.1) is 0 Å². The number of carboxylic acids is 1. The number of methoxy groups -OCH3 is 1. The number of carboxylic acid groups (broad SMARTS) is 1. The van der Waals surface area contributed by atoms with Gasteiger partial charge in [0.15, 0.2) is 0 Å². The van der Waals surface area contributed by atoms with E-state index in [1.165, 1.54) is 0 Å². The first-order chi connectivity index (χ1) is 9.76. The smallest absolute Gasteiger partial charge is 0.309 e. The third kappa shape index (κ3) is 5.10. The van der Waals surface area contributed by atoms with E-state index >= 15 is 0 Å². The summed E-state index contributed by atoms with van der Waals surface area (Å²) in [4.78, 5) is 22.9. The van der Waals surface area contributed by atoms with Crippen molar-refractivity contribution in [3.05, 3.63) is 29.8 Å². The number of hydrogen-bond donors (Lipinski definition) is 2. The lowest BCUT2D eigenvalue weighted by Crippen LogP contribution is -2.38. The number of carbonyl (C=O) groups is 2. The Labute approximate surface area is 125 Å². The molecule has 0 spiro atoms. The lowest BCUT2D eigenvalue weighted by atomic mass is 9.89. The highest BCUT2D eigenvalue weighted by Crippen LogP contribution is 2.21. The molecule has 0 saturated carbocycles. The van der Waals surface area contributed by atoms with Crippen molar-refractivity contribution < 1.29 is 19.4 Å². The predicted molar refractivity (Wildman–Crippen MR) is 80.3 cm³/mol. The van der Waals surface area contributed by atoms with Crippen molar-refractivity contribution in [1.82, 2.24) is 5.32 Å². The van der Waals surface area contributed by atoms with Gasteiger partial charge in [0, 0.05) is 12.5 Å². The summed E-state index contributed by atoms with van der Waals surface area (Å²) in [6.07, 6.45) is 0.585. The fourth-order valence-electron chi connectivity index (χ4n) is 2.06. The SMILES string of the molecule is COc1ccccc1CC(C)NC(=O)CC(C)(C)C(=O)O. The molecular weight excluding hydrogens is 270 g/mol. The maximum atomic E-state index is 11.9. The number of nitrogens with one attached hydrogen (secondary N) is 1. The second kappa shape index (κ2) is 7.11. The molecule has 0 bridgehead atoms. The van der Waals surface area contributed by atoms with Crippen molar-refractivity contribution in [3.63, 3.8) is 0 Å². The molecule has 21 heavy (non-hydrogen) atoms. The van der Waals surface area contributed by atoms with Gasteiger partial charge in [0.05, 0.1) is 12.5 Å². The van der Waals surface area contributed by atoms with Crippen LogP contribution < -0.4 is 10.1 Å². The zero-order valence-corrected chi connectivity index (χ0v) is 13.0. The Hall–Kier alpha value is -2.04. The maximum absolute atomic E-state index is 11.9. The van der Waals surface area contributed by atoms with E-state index in [9.17, 15) is 9.59 Å². The first-order valence-corrected chi connectivity index (χ1v) is 6.91. The second-order valence-electron chi connectivity index (χ2n) is 5.85. The van der Waals surface area contributed by atoms with Crippen molar-refractivity contribution in [3.8, 4) is 5.75 Å². The molecule has 116 valence electrons. The lowest BCUT2D eigenvalue weighted by Gasteiger charge is -2.21. The molecule has 0 aliphatic heterocycles. The third-order valence-electron chi connectivity index (χ3n) is 3.31. The van der Waals surface area contributed by atoms with Crippen LogP contribution in [0, 0.1) is 5.41 Å². The zero-order chi connectivity index (χ0) is 16.0. The summed E-state index contributed by atoms with van der Waals surface area (Å²) < 4.78 is 5.27. The summed E-state index contributed by atoms with van der Waals surface area (Å²) in [5.74, 6) is -0.454. The van der Waals surface area contributed by atoms with Crippen LogP contribution in [0.3, 0.4) is 0 Å². The van der Waals surface area contributed by atoms with E-state index < -0.39 is 11.4 Å². The third-order valence-corrected chi connectivity index (χ3v) is 3.31. The van der Waals surface area contributed by atoms with E-state index in [0.717, 1.165) is 11.3 Å².